The SMILES string of the molecule is CC(C)CCOCCOc1c(F)cccc1CNC(C)C. The van der Waals surface area contributed by atoms with Gasteiger partial charge in [-0.25, -0.2) is 4.39 Å². The van der Waals surface area contributed by atoms with Gasteiger partial charge in [-0.15, -0.1) is 0 Å². The van der Waals surface area contributed by atoms with Crippen molar-refractivity contribution in [2.45, 2.75) is 46.7 Å². The van der Waals surface area contributed by atoms with Crippen LogP contribution in [0.5, 0.6) is 5.75 Å². The second-order valence-electron chi connectivity index (χ2n) is 5.91. The van der Waals surface area contributed by atoms with E-state index in [0.29, 0.717) is 37.5 Å². The first-order chi connectivity index (χ1) is 10.0. The molecule has 0 aromatic heterocycles. The summed E-state index contributed by atoms with van der Waals surface area (Å²) >= 11 is 0. The second kappa shape index (κ2) is 9.74. The van der Waals surface area contributed by atoms with Crippen LogP contribution in [0.4, 0.5) is 4.39 Å². The number of hydrogen-bond donors (Lipinski definition) is 1. The van der Waals surface area contributed by atoms with Gasteiger partial charge in [-0.1, -0.05) is 39.8 Å². The summed E-state index contributed by atoms with van der Waals surface area (Å²) in [6, 6.07) is 5.36. The molecular formula is C17H28FNO2. The molecule has 1 aromatic rings. The highest BCUT2D eigenvalue weighted by Gasteiger charge is 2.10. The summed E-state index contributed by atoms with van der Waals surface area (Å²) in [6.07, 6.45) is 1.03. The Balaban J connectivity index is 2.42. The fraction of sp³-hybridized carbons (Fsp3) is 0.647. The molecule has 1 N–H and O–H groups in total. The Bertz CT molecular complexity index is 408. The van der Waals surface area contributed by atoms with Gasteiger partial charge in [0.1, 0.15) is 6.61 Å². The van der Waals surface area contributed by atoms with Crippen LogP contribution in [0.2, 0.25) is 0 Å². The number of halogens is 1. The Morgan fingerprint density at radius 2 is 1.86 bits per heavy atom. The Kier molecular flexibility index (Phi) is 8.31. The van der Waals surface area contributed by atoms with E-state index >= 15 is 0 Å². The van der Waals surface area contributed by atoms with Gasteiger partial charge < -0.3 is 14.8 Å². The summed E-state index contributed by atoms with van der Waals surface area (Å²) in [7, 11) is 0. The minimum absolute atomic E-state index is 0.319. The van der Waals surface area contributed by atoms with Gasteiger partial charge in [-0.3, -0.25) is 0 Å². The molecule has 0 aliphatic rings. The minimum Gasteiger partial charge on any atom is -0.488 e. The Morgan fingerprint density at radius 3 is 2.52 bits per heavy atom. The summed E-state index contributed by atoms with van der Waals surface area (Å²) in [4.78, 5) is 0. The quantitative estimate of drug-likeness (QED) is 0.667. The largest absolute Gasteiger partial charge is 0.488 e. The van der Waals surface area contributed by atoms with Crippen molar-refractivity contribution in [3.05, 3.63) is 29.6 Å². The average Bonchev–Trinajstić information content (AvgIpc) is 2.41. The van der Waals surface area contributed by atoms with Crippen LogP contribution >= 0.6 is 0 Å². The molecule has 0 aliphatic heterocycles. The van der Waals surface area contributed by atoms with E-state index in [4.69, 9.17) is 9.47 Å². The lowest BCUT2D eigenvalue weighted by Crippen LogP contribution is -2.22. The number of hydrogen-bond acceptors (Lipinski definition) is 3. The van der Waals surface area contributed by atoms with Crippen molar-refractivity contribution < 1.29 is 13.9 Å². The fourth-order valence-corrected chi connectivity index (χ4v) is 1.79. The molecule has 0 bridgehead atoms. The molecule has 21 heavy (non-hydrogen) atoms. The van der Waals surface area contributed by atoms with E-state index in [2.05, 4.69) is 33.0 Å². The van der Waals surface area contributed by atoms with Crippen molar-refractivity contribution in [1.29, 1.82) is 0 Å². The first-order valence-electron chi connectivity index (χ1n) is 7.72. The molecule has 0 unspecified atom stereocenters. The molecule has 0 fully saturated rings. The van der Waals surface area contributed by atoms with Crippen molar-refractivity contribution in [2.24, 2.45) is 5.92 Å². The smallest absolute Gasteiger partial charge is 0.165 e. The van der Waals surface area contributed by atoms with E-state index in [9.17, 15) is 4.39 Å². The molecule has 1 aromatic carbocycles. The van der Waals surface area contributed by atoms with Crippen molar-refractivity contribution >= 4 is 0 Å². The molecule has 1 rings (SSSR count). The lowest BCUT2D eigenvalue weighted by molar-refractivity contribution is 0.0909. The minimum atomic E-state index is -0.319. The van der Waals surface area contributed by atoms with Crippen LogP contribution in [-0.2, 0) is 11.3 Å². The maximum absolute atomic E-state index is 13.9. The normalized spacial score (nSPS) is 11.4. The zero-order valence-electron chi connectivity index (χ0n) is 13.6. The van der Waals surface area contributed by atoms with E-state index in [-0.39, 0.29) is 5.82 Å². The molecule has 3 nitrogen and oxygen atoms in total. The molecule has 0 saturated heterocycles. The first-order valence-corrected chi connectivity index (χ1v) is 7.72. The Morgan fingerprint density at radius 1 is 1.10 bits per heavy atom. The van der Waals surface area contributed by atoms with Gasteiger partial charge in [0, 0.05) is 24.8 Å². The third-order valence-electron chi connectivity index (χ3n) is 3.06. The summed E-state index contributed by atoms with van der Waals surface area (Å²) in [5.41, 5.74) is 0.839. The topological polar surface area (TPSA) is 30.5 Å². The standard InChI is InChI=1S/C17H28FNO2/c1-13(2)8-9-20-10-11-21-17-15(12-19-14(3)4)6-5-7-16(17)18/h5-7,13-14,19H,8-12H2,1-4H3. The van der Waals surface area contributed by atoms with Gasteiger partial charge in [-0.2, -0.15) is 0 Å². The lowest BCUT2D eigenvalue weighted by Gasteiger charge is -2.14. The predicted octanol–water partition coefficient (Wildman–Crippen LogP) is 3.77. The van der Waals surface area contributed by atoms with Crippen LogP contribution in [0.25, 0.3) is 0 Å². The van der Waals surface area contributed by atoms with Gasteiger partial charge >= 0.3 is 0 Å². The van der Waals surface area contributed by atoms with Gasteiger partial charge in [0.05, 0.1) is 6.61 Å². The fourth-order valence-electron chi connectivity index (χ4n) is 1.79. The molecule has 4 heteroatoms. The first kappa shape index (κ1) is 17.9. The summed E-state index contributed by atoms with van der Waals surface area (Å²) in [6.45, 7) is 10.6. The third kappa shape index (κ3) is 7.44. The molecule has 0 spiro atoms. The van der Waals surface area contributed by atoms with E-state index < -0.39 is 0 Å². The van der Waals surface area contributed by atoms with Crippen LogP contribution in [-0.4, -0.2) is 25.9 Å². The van der Waals surface area contributed by atoms with E-state index in [0.717, 1.165) is 18.6 Å². The van der Waals surface area contributed by atoms with Crippen molar-refractivity contribution in [3.8, 4) is 5.75 Å². The lowest BCUT2D eigenvalue weighted by atomic mass is 10.1. The van der Waals surface area contributed by atoms with Crippen molar-refractivity contribution in [2.75, 3.05) is 19.8 Å². The van der Waals surface area contributed by atoms with Crippen LogP contribution < -0.4 is 10.1 Å². The highest BCUT2D eigenvalue weighted by Crippen LogP contribution is 2.22. The number of benzene rings is 1. The summed E-state index contributed by atoms with van der Waals surface area (Å²) < 4.78 is 24.9. The van der Waals surface area contributed by atoms with Crippen molar-refractivity contribution in [3.63, 3.8) is 0 Å². The molecule has 0 atom stereocenters. The van der Waals surface area contributed by atoms with Gasteiger partial charge in [-0.05, 0) is 18.4 Å². The zero-order chi connectivity index (χ0) is 15.7. The number of rotatable bonds is 10. The Labute approximate surface area is 127 Å². The molecule has 0 radical (unpaired) electrons. The number of nitrogens with one attached hydrogen (secondary N) is 1. The van der Waals surface area contributed by atoms with Gasteiger partial charge in [0.2, 0.25) is 0 Å². The molecule has 0 aliphatic carbocycles. The molecule has 0 saturated carbocycles. The molecule has 120 valence electrons. The molecular weight excluding hydrogens is 269 g/mol. The summed E-state index contributed by atoms with van der Waals surface area (Å²) in [5.74, 6) is 0.643. The van der Waals surface area contributed by atoms with Crippen LogP contribution in [0.1, 0.15) is 39.7 Å². The van der Waals surface area contributed by atoms with Crippen LogP contribution in [0.3, 0.4) is 0 Å². The van der Waals surface area contributed by atoms with E-state index in [1.54, 1.807) is 6.07 Å². The predicted molar refractivity (Wildman–Crippen MR) is 84.1 cm³/mol. The van der Waals surface area contributed by atoms with Gasteiger partial charge in [0.15, 0.2) is 11.6 Å². The highest BCUT2D eigenvalue weighted by molar-refractivity contribution is 5.34. The van der Waals surface area contributed by atoms with Crippen molar-refractivity contribution in [1.82, 2.24) is 5.32 Å². The number of ether oxygens (including phenoxy) is 2. The molecule has 0 heterocycles. The highest BCUT2D eigenvalue weighted by atomic mass is 19.1. The number of para-hydroxylation sites is 1. The Hall–Kier alpha value is -1.13. The van der Waals surface area contributed by atoms with Crippen LogP contribution in [0, 0.1) is 11.7 Å². The van der Waals surface area contributed by atoms with Crippen LogP contribution in [0.15, 0.2) is 18.2 Å². The van der Waals surface area contributed by atoms with E-state index in [1.165, 1.54) is 6.07 Å². The monoisotopic (exact) mass is 297 g/mol. The second-order valence-corrected chi connectivity index (χ2v) is 5.91. The van der Waals surface area contributed by atoms with E-state index in [1.807, 2.05) is 6.07 Å². The maximum Gasteiger partial charge on any atom is 0.165 e. The maximum atomic E-state index is 13.9. The molecule has 0 amide bonds. The third-order valence-corrected chi connectivity index (χ3v) is 3.06. The average molecular weight is 297 g/mol. The van der Waals surface area contributed by atoms with Gasteiger partial charge in [0.25, 0.3) is 0 Å². The summed E-state index contributed by atoms with van der Waals surface area (Å²) in [5, 5.41) is 3.27. The zero-order valence-corrected chi connectivity index (χ0v) is 13.6.